The summed E-state index contributed by atoms with van der Waals surface area (Å²) >= 11 is 0. The predicted octanol–water partition coefficient (Wildman–Crippen LogP) is 3.27. The molecule has 1 atom stereocenters. The molecule has 4 N–H and O–H groups in total. The number of aliphatic hydroxyl groups is 1. The quantitative estimate of drug-likeness (QED) is 0.411. The number of phenolic OH excluding ortho intramolecular Hbond substituents is 2. The van der Waals surface area contributed by atoms with Crippen molar-refractivity contribution in [1.82, 2.24) is 0 Å². The van der Waals surface area contributed by atoms with Gasteiger partial charge in [0.25, 0.3) is 5.91 Å². The van der Waals surface area contributed by atoms with Crippen LogP contribution in [0.25, 0.3) is 0 Å². The molecule has 0 radical (unpaired) electrons. The second-order valence-electron chi connectivity index (χ2n) is 5.84. The molecule has 1 unspecified atom stereocenters. The highest BCUT2D eigenvalue weighted by Gasteiger charge is 2.26. The standard InChI is InChI=1S/C21H17NO5/c23-17-11-5-3-9-15(17)20(26)19(25)13-7-1-2-8-14(13)21(27)22-16-10-4-6-12-18(16)24/h1-12,20,23-24,26H,(H,22,27). The van der Waals surface area contributed by atoms with Crippen molar-refractivity contribution in [3.8, 4) is 11.5 Å². The summed E-state index contributed by atoms with van der Waals surface area (Å²) in [5.74, 6) is -1.65. The van der Waals surface area contributed by atoms with E-state index in [0.717, 1.165) is 0 Å². The number of aliphatic hydroxyl groups excluding tert-OH is 1. The first-order valence-electron chi connectivity index (χ1n) is 8.17. The summed E-state index contributed by atoms with van der Waals surface area (Å²) in [4.78, 5) is 25.4. The first-order chi connectivity index (χ1) is 13.0. The monoisotopic (exact) mass is 363 g/mol. The fraction of sp³-hybridized carbons (Fsp3) is 0.0476. The van der Waals surface area contributed by atoms with Gasteiger partial charge in [-0.15, -0.1) is 0 Å². The van der Waals surface area contributed by atoms with Gasteiger partial charge in [-0.25, -0.2) is 0 Å². The number of carbonyl (C=O) groups excluding carboxylic acids is 2. The Labute approximate surface area is 155 Å². The van der Waals surface area contributed by atoms with E-state index in [1.165, 1.54) is 36.4 Å². The van der Waals surface area contributed by atoms with Gasteiger partial charge in [-0.1, -0.05) is 48.5 Å². The van der Waals surface area contributed by atoms with E-state index >= 15 is 0 Å². The number of phenols is 2. The molecule has 3 aromatic carbocycles. The van der Waals surface area contributed by atoms with Gasteiger partial charge in [0, 0.05) is 11.1 Å². The molecule has 0 saturated carbocycles. The fourth-order valence-corrected chi connectivity index (χ4v) is 2.67. The molecule has 27 heavy (non-hydrogen) atoms. The molecule has 6 nitrogen and oxygen atoms in total. The second-order valence-corrected chi connectivity index (χ2v) is 5.84. The van der Waals surface area contributed by atoms with Gasteiger partial charge in [0.15, 0.2) is 5.78 Å². The molecule has 0 aliphatic rings. The smallest absolute Gasteiger partial charge is 0.256 e. The van der Waals surface area contributed by atoms with Gasteiger partial charge in [-0.3, -0.25) is 9.59 Å². The van der Waals surface area contributed by atoms with Gasteiger partial charge < -0.3 is 20.6 Å². The van der Waals surface area contributed by atoms with E-state index < -0.39 is 17.8 Å². The lowest BCUT2D eigenvalue weighted by Gasteiger charge is -2.14. The molecule has 0 bridgehead atoms. The maximum atomic E-state index is 12.8. The van der Waals surface area contributed by atoms with Crippen molar-refractivity contribution >= 4 is 17.4 Å². The van der Waals surface area contributed by atoms with Crippen molar-refractivity contribution in [1.29, 1.82) is 0 Å². The summed E-state index contributed by atoms with van der Waals surface area (Å²) in [6.45, 7) is 0. The molecular formula is C21H17NO5. The Morgan fingerprint density at radius 3 is 1.96 bits per heavy atom. The Bertz CT molecular complexity index is 999. The van der Waals surface area contributed by atoms with E-state index in [0.29, 0.717) is 0 Å². The van der Waals surface area contributed by atoms with Crippen LogP contribution in [-0.4, -0.2) is 27.0 Å². The summed E-state index contributed by atoms with van der Waals surface area (Å²) in [5, 5.41) is 32.6. The van der Waals surface area contributed by atoms with E-state index in [-0.39, 0.29) is 33.9 Å². The Morgan fingerprint density at radius 1 is 0.741 bits per heavy atom. The van der Waals surface area contributed by atoms with Crippen LogP contribution in [0.1, 0.15) is 32.4 Å². The van der Waals surface area contributed by atoms with Crippen molar-refractivity contribution in [2.24, 2.45) is 0 Å². The number of carbonyl (C=O) groups is 2. The van der Waals surface area contributed by atoms with Gasteiger partial charge >= 0.3 is 0 Å². The molecule has 0 fully saturated rings. The Kier molecular flexibility index (Phi) is 5.19. The number of benzene rings is 3. The average Bonchev–Trinajstić information content (AvgIpc) is 2.69. The molecule has 0 aliphatic heterocycles. The van der Waals surface area contributed by atoms with Crippen LogP contribution in [0, 0.1) is 0 Å². The second kappa shape index (κ2) is 7.72. The third-order valence-corrected chi connectivity index (χ3v) is 4.07. The number of aromatic hydroxyl groups is 2. The molecule has 136 valence electrons. The van der Waals surface area contributed by atoms with Crippen molar-refractivity contribution in [3.63, 3.8) is 0 Å². The maximum absolute atomic E-state index is 12.8. The van der Waals surface area contributed by atoms with Crippen molar-refractivity contribution in [2.75, 3.05) is 5.32 Å². The van der Waals surface area contributed by atoms with E-state index in [1.807, 2.05) is 0 Å². The first kappa shape index (κ1) is 18.2. The predicted molar refractivity (Wildman–Crippen MR) is 99.9 cm³/mol. The SMILES string of the molecule is O=C(Nc1ccccc1O)c1ccccc1C(=O)C(O)c1ccccc1O. The molecule has 6 heteroatoms. The number of ketones is 1. The van der Waals surface area contributed by atoms with Gasteiger partial charge in [-0.2, -0.15) is 0 Å². The molecular weight excluding hydrogens is 346 g/mol. The molecule has 3 aromatic rings. The number of hydrogen-bond donors (Lipinski definition) is 4. The lowest BCUT2D eigenvalue weighted by Crippen LogP contribution is -2.20. The minimum Gasteiger partial charge on any atom is -0.508 e. The molecule has 3 rings (SSSR count). The summed E-state index contributed by atoms with van der Waals surface area (Å²) in [7, 11) is 0. The van der Waals surface area contributed by atoms with Crippen molar-refractivity contribution < 1.29 is 24.9 Å². The molecule has 0 heterocycles. The summed E-state index contributed by atoms with van der Waals surface area (Å²) in [5.41, 5.74) is 0.297. The van der Waals surface area contributed by atoms with Gasteiger partial charge in [0.1, 0.15) is 17.6 Å². The number of Topliss-reactive ketones (excluding diaryl/α,β-unsaturated/α-hetero) is 1. The minimum absolute atomic E-state index is 0.00109. The van der Waals surface area contributed by atoms with Gasteiger partial charge in [0.2, 0.25) is 0 Å². The third kappa shape index (κ3) is 3.80. The highest BCUT2D eigenvalue weighted by Crippen LogP contribution is 2.28. The van der Waals surface area contributed by atoms with Gasteiger partial charge in [-0.05, 0) is 24.3 Å². The van der Waals surface area contributed by atoms with Gasteiger partial charge in [0.05, 0.1) is 11.3 Å². The lowest BCUT2D eigenvalue weighted by atomic mass is 9.95. The lowest BCUT2D eigenvalue weighted by molar-refractivity contribution is 0.0739. The zero-order valence-corrected chi connectivity index (χ0v) is 14.2. The van der Waals surface area contributed by atoms with Crippen LogP contribution in [0.5, 0.6) is 11.5 Å². The minimum atomic E-state index is -1.62. The summed E-state index contributed by atoms with van der Waals surface area (Å²) < 4.78 is 0. The van der Waals surface area contributed by atoms with Crippen LogP contribution in [0.3, 0.4) is 0 Å². The summed E-state index contributed by atoms with van der Waals surface area (Å²) in [6.07, 6.45) is -1.62. The molecule has 0 aliphatic carbocycles. The van der Waals surface area contributed by atoms with E-state index in [9.17, 15) is 24.9 Å². The highest BCUT2D eigenvalue weighted by atomic mass is 16.3. The van der Waals surface area contributed by atoms with Crippen LogP contribution in [0.2, 0.25) is 0 Å². The Morgan fingerprint density at radius 2 is 1.30 bits per heavy atom. The van der Waals surface area contributed by atoms with Crippen LogP contribution in [0.15, 0.2) is 72.8 Å². The number of anilines is 1. The molecule has 0 spiro atoms. The third-order valence-electron chi connectivity index (χ3n) is 4.07. The zero-order valence-electron chi connectivity index (χ0n) is 14.2. The molecule has 0 aromatic heterocycles. The zero-order chi connectivity index (χ0) is 19.4. The normalized spacial score (nSPS) is 11.6. The van der Waals surface area contributed by atoms with Crippen molar-refractivity contribution in [2.45, 2.75) is 6.10 Å². The Hall–Kier alpha value is -3.64. The highest BCUT2D eigenvalue weighted by molar-refractivity contribution is 6.14. The van der Waals surface area contributed by atoms with E-state index in [1.54, 1.807) is 36.4 Å². The first-order valence-corrected chi connectivity index (χ1v) is 8.17. The molecule has 1 amide bonds. The maximum Gasteiger partial charge on any atom is 0.256 e. The topological polar surface area (TPSA) is 107 Å². The number of para-hydroxylation sites is 3. The fourth-order valence-electron chi connectivity index (χ4n) is 2.67. The van der Waals surface area contributed by atoms with Crippen LogP contribution in [0.4, 0.5) is 5.69 Å². The molecule has 0 saturated heterocycles. The number of hydrogen-bond acceptors (Lipinski definition) is 5. The van der Waals surface area contributed by atoms with Crippen molar-refractivity contribution in [3.05, 3.63) is 89.5 Å². The van der Waals surface area contributed by atoms with E-state index in [4.69, 9.17) is 0 Å². The van der Waals surface area contributed by atoms with Crippen LogP contribution in [-0.2, 0) is 0 Å². The van der Waals surface area contributed by atoms with E-state index in [2.05, 4.69) is 5.32 Å². The van der Waals surface area contributed by atoms with Crippen LogP contribution < -0.4 is 5.32 Å². The largest absolute Gasteiger partial charge is 0.508 e. The number of amides is 1. The Balaban J connectivity index is 1.92. The summed E-state index contributed by atoms with van der Waals surface area (Å²) in [6, 6.07) is 18.2. The number of rotatable bonds is 5. The number of nitrogens with one attached hydrogen (secondary N) is 1. The average molecular weight is 363 g/mol. The van der Waals surface area contributed by atoms with Crippen LogP contribution >= 0.6 is 0 Å².